The molecule has 0 spiro atoms. The molecule has 0 aliphatic carbocycles. The van der Waals surface area contributed by atoms with Crippen LogP contribution in [0, 0.1) is 5.82 Å². The molecular weight excluding hydrogens is 281 g/mol. The molecule has 5 heteroatoms. The number of phenols is 1. The summed E-state index contributed by atoms with van der Waals surface area (Å²) in [5.41, 5.74) is 0.483. The van der Waals surface area contributed by atoms with Crippen molar-refractivity contribution in [2.75, 3.05) is 6.54 Å². The Morgan fingerprint density at radius 2 is 1.90 bits per heavy atom. The molecule has 0 heterocycles. The van der Waals surface area contributed by atoms with Crippen molar-refractivity contribution in [3.8, 4) is 5.75 Å². The second kappa shape index (κ2) is 6.39. The third kappa shape index (κ3) is 3.27. The lowest BCUT2D eigenvalue weighted by atomic mass is 10.1. The zero-order valence-corrected chi connectivity index (χ0v) is 11.3. The average molecular weight is 294 g/mol. The Hall–Kier alpha value is -2.07. The number of halogens is 2. The second-order valence-corrected chi connectivity index (χ2v) is 4.75. The van der Waals surface area contributed by atoms with Crippen LogP contribution in [0.5, 0.6) is 5.75 Å². The minimum atomic E-state index is -0.770. The first kappa shape index (κ1) is 14.3. The zero-order chi connectivity index (χ0) is 14.5. The van der Waals surface area contributed by atoms with E-state index in [2.05, 4.69) is 5.32 Å². The van der Waals surface area contributed by atoms with E-state index in [0.29, 0.717) is 0 Å². The van der Waals surface area contributed by atoms with Crippen LogP contribution in [0.2, 0.25) is 0 Å². The van der Waals surface area contributed by atoms with Crippen molar-refractivity contribution in [1.29, 1.82) is 0 Å². The quantitative estimate of drug-likeness (QED) is 0.850. The third-order valence-electron chi connectivity index (χ3n) is 2.82. The highest BCUT2D eigenvalue weighted by Gasteiger charge is 2.17. The summed E-state index contributed by atoms with van der Waals surface area (Å²) in [4.78, 5) is 11.9. The average Bonchev–Trinajstić information content (AvgIpc) is 2.45. The molecule has 0 aromatic heterocycles. The van der Waals surface area contributed by atoms with Gasteiger partial charge in [0.2, 0.25) is 0 Å². The van der Waals surface area contributed by atoms with E-state index in [1.807, 2.05) is 30.3 Å². The fourth-order valence-electron chi connectivity index (χ4n) is 1.79. The number of phenolic OH excluding ortho intramolecular Hbond substituents is 1. The number of carbonyl (C=O) groups is 1. The topological polar surface area (TPSA) is 49.3 Å². The van der Waals surface area contributed by atoms with Gasteiger partial charge in [0.15, 0.2) is 0 Å². The lowest BCUT2D eigenvalue weighted by Crippen LogP contribution is -2.27. The standard InChI is InChI=1S/C15H13ClFNO2/c16-11(10-5-2-1-3-6-10)9-18-15(20)14-12(17)7-4-8-13(14)19/h1-8,11,19H,9H2,(H,18,20). The number of alkyl halides is 1. The normalized spacial score (nSPS) is 11.9. The first-order valence-electron chi connectivity index (χ1n) is 6.04. The molecule has 1 amide bonds. The van der Waals surface area contributed by atoms with Crippen LogP contribution >= 0.6 is 11.6 Å². The number of hydrogen-bond acceptors (Lipinski definition) is 2. The van der Waals surface area contributed by atoms with E-state index in [1.54, 1.807) is 0 Å². The van der Waals surface area contributed by atoms with E-state index >= 15 is 0 Å². The molecule has 0 bridgehead atoms. The number of aromatic hydroxyl groups is 1. The summed E-state index contributed by atoms with van der Waals surface area (Å²) >= 11 is 6.15. The van der Waals surface area contributed by atoms with Crippen LogP contribution in [0.15, 0.2) is 48.5 Å². The van der Waals surface area contributed by atoms with Gasteiger partial charge in [0, 0.05) is 6.54 Å². The summed E-state index contributed by atoms with van der Waals surface area (Å²) in [6.07, 6.45) is 0. The van der Waals surface area contributed by atoms with Gasteiger partial charge in [-0.25, -0.2) is 4.39 Å². The first-order valence-corrected chi connectivity index (χ1v) is 6.48. The number of rotatable bonds is 4. The van der Waals surface area contributed by atoms with Gasteiger partial charge in [-0.15, -0.1) is 11.6 Å². The molecule has 104 valence electrons. The summed E-state index contributed by atoms with van der Waals surface area (Å²) < 4.78 is 13.5. The number of amides is 1. The Labute approximate surface area is 121 Å². The Morgan fingerprint density at radius 1 is 1.20 bits per heavy atom. The van der Waals surface area contributed by atoms with Crippen molar-refractivity contribution in [3.63, 3.8) is 0 Å². The molecule has 0 aliphatic heterocycles. The number of benzene rings is 2. The van der Waals surface area contributed by atoms with E-state index in [-0.39, 0.29) is 12.1 Å². The Balaban J connectivity index is 2.03. The fourth-order valence-corrected chi connectivity index (χ4v) is 2.01. The summed E-state index contributed by atoms with van der Waals surface area (Å²) in [5, 5.41) is 11.6. The molecule has 3 nitrogen and oxygen atoms in total. The van der Waals surface area contributed by atoms with Crippen LogP contribution in [0.3, 0.4) is 0 Å². The molecule has 0 fully saturated rings. The smallest absolute Gasteiger partial charge is 0.258 e. The van der Waals surface area contributed by atoms with Gasteiger partial charge < -0.3 is 10.4 Å². The molecule has 0 saturated carbocycles. The van der Waals surface area contributed by atoms with Gasteiger partial charge in [-0.1, -0.05) is 36.4 Å². The van der Waals surface area contributed by atoms with E-state index in [0.717, 1.165) is 11.6 Å². The van der Waals surface area contributed by atoms with Crippen LogP contribution in [0.4, 0.5) is 4.39 Å². The predicted molar refractivity (Wildman–Crippen MR) is 75.4 cm³/mol. The van der Waals surface area contributed by atoms with Gasteiger partial charge in [0.1, 0.15) is 17.1 Å². The zero-order valence-electron chi connectivity index (χ0n) is 10.5. The summed E-state index contributed by atoms with van der Waals surface area (Å²) in [6, 6.07) is 12.9. The molecule has 0 saturated heterocycles. The van der Waals surface area contributed by atoms with Gasteiger partial charge in [0.05, 0.1) is 5.38 Å². The predicted octanol–water partition coefficient (Wildman–Crippen LogP) is 3.24. The second-order valence-electron chi connectivity index (χ2n) is 4.22. The molecule has 1 unspecified atom stereocenters. The van der Waals surface area contributed by atoms with Crippen molar-refractivity contribution < 1.29 is 14.3 Å². The number of carbonyl (C=O) groups excluding carboxylic acids is 1. The molecule has 2 aromatic rings. The highest BCUT2D eigenvalue weighted by Crippen LogP contribution is 2.21. The maximum absolute atomic E-state index is 13.5. The highest BCUT2D eigenvalue weighted by molar-refractivity contribution is 6.21. The van der Waals surface area contributed by atoms with Gasteiger partial charge in [-0.05, 0) is 17.7 Å². The van der Waals surface area contributed by atoms with Crippen LogP contribution in [-0.4, -0.2) is 17.6 Å². The van der Waals surface area contributed by atoms with Crippen molar-refractivity contribution in [2.24, 2.45) is 0 Å². The monoisotopic (exact) mass is 293 g/mol. The van der Waals surface area contributed by atoms with Crippen LogP contribution in [0.1, 0.15) is 21.3 Å². The largest absolute Gasteiger partial charge is 0.507 e. The molecule has 2 N–H and O–H groups in total. The van der Waals surface area contributed by atoms with E-state index < -0.39 is 22.9 Å². The summed E-state index contributed by atoms with van der Waals surface area (Å²) in [5.74, 6) is -1.86. The number of hydrogen-bond donors (Lipinski definition) is 2. The summed E-state index contributed by atoms with van der Waals surface area (Å²) in [7, 11) is 0. The summed E-state index contributed by atoms with van der Waals surface area (Å²) in [6.45, 7) is 0.137. The van der Waals surface area contributed by atoms with Crippen LogP contribution < -0.4 is 5.32 Å². The molecule has 2 aromatic carbocycles. The maximum atomic E-state index is 13.5. The fraction of sp³-hybridized carbons (Fsp3) is 0.133. The molecule has 20 heavy (non-hydrogen) atoms. The minimum Gasteiger partial charge on any atom is -0.507 e. The van der Waals surface area contributed by atoms with Gasteiger partial charge in [-0.3, -0.25) is 4.79 Å². The first-order chi connectivity index (χ1) is 9.59. The Bertz CT molecular complexity index is 584. The van der Waals surface area contributed by atoms with Crippen molar-refractivity contribution >= 4 is 17.5 Å². The Kier molecular flexibility index (Phi) is 4.58. The van der Waals surface area contributed by atoms with E-state index in [9.17, 15) is 14.3 Å². The van der Waals surface area contributed by atoms with Crippen LogP contribution in [0.25, 0.3) is 0 Å². The maximum Gasteiger partial charge on any atom is 0.258 e. The van der Waals surface area contributed by atoms with Crippen molar-refractivity contribution in [2.45, 2.75) is 5.38 Å². The van der Waals surface area contributed by atoms with Crippen molar-refractivity contribution in [3.05, 3.63) is 65.5 Å². The third-order valence-corrected chi connectivity index (χ3v) is 3.23. The minimum absolute atomic E-state index is 0.137. The molecule has 2 rings (SSSR count). The molecule has 1 atom stereocenters. The van der Waals surface area contributed by atoms with Crippen molar-refractivity contribution in [1.82, 2.24) is 5.32 Å². The van der Waals surface area contributed by atoms with Crippen LogP contribution in [-0.2, 0) is 0 Å². The van der Waals surface area contributed by atoms with Gasteiger partial charge in [-0.2, -0.15) is 0 Å². The van der Waals surface area contributed by atoms with Gasteiger partial charge in [0.25, 0.3) is 5.91 Å². The molecular formula is C15H13ClFNO2. The van der Waals surface area contributed by atoms with E-state index in [4.69, 9.17) is 11.6 Å². The van der Waals surface area contributed by atoms with E-state index in [1.165, 1.54) is 12.1 Å². The SMILES string of the molecule is O=C(NCC(Cl)c1ccccc1)c1c(O)cccc1F. The molecule has 0 radical (unpaired) electrons. The number of nitrogens with one attached hydrogen (secondary N) is 1. The highest BCUT2D eigenvalue weighted by atomic mass is 35.5. The lowest BCUT2D eigenvalue weighted by molar-refractivity contribution is 0.0946. The Morgan fingerprint density at radius 3 is 2.55 bits per heavy atom. The van der Waals surface area contributed by atoms with Gasteiger partial charge >= 0.3 is 0 Å². The molecule has 0 aliphatic rings. The lowest BCUT2D eigenvalue weighted by Gasteiger charge is -2.12.